The molecule has 0 unspecified atom stereocenters. The maximum absolute atomic E-state index is 9.47. The van der Waals surface area contributed by atoms with Crippen LogP contribution in [-0.4, -0.2) is 36.3 Å². The van der Waals surface area contributed by atoms with Crippen molar-refractivity contribution in [2.24, 2.45) is 0 Å². The molecule has 2 aliphatic rings. The molecule has 0 heterocycles. The van der Waals surface area contributed by atoms with E-state index in [4.69, 9.17) is 0 Å². The molecule has 0 saturated heterocycles. The number of amides is 2. The number of carbonyl (C=O) groups is 2. The number of hydrogen-bond donors (Lipinski definition) is 2. The van der Waals surface area contributed by atoms with Gasteiger partial charge in [-0.2, -0.15) is 0 Å². The van der Waals surface area contributed by atoms with Crippen molar-refractivity contribution in [3.63, 3.8) is 0 Å². The van der Waals surface area contributed by atoms with Gasteiger partial charge in [0.25, 0.3) is 0 Å². The summed E-state index contributed by atoms with van der Waals surface area (Å²) in [6.07, 6.45) is 25.5. The van der Waals surface area contributed by atoms with Gasteiger partial charge in [-0.3, -0.25) is 0 Å². The molecule has 0 aromatic heterocycles. The van der Waals surface area contributed by atoms with E-state index in [1.54, 1.807) is 6.56 Å². The zero-order valence-corrected chi connectivity index (χ0v) is 25.6. The molecule has 0 saturated carbocycles. The van der Waals surface area contributed by atoms with Crippen molar-refractivity contribution in [1.82, 2.24) is 6.61 Å². The molecule has 2 aromatic rings. The molecule has 170 valence electrons. The van der Waals surface area contributed by atoms with Gasteiger partial charge < -0.3 is 0 Å². The van der Waals surface area contributed by atoms with E-state index in [9.17, 15) is 9.59 Å². The van der Waals surface area contributed by atoms with Gasteiger partial charge in [0.2, 0.25) is 0 Å². The second-order valence-electron chi connectivity index (χ2n) is 7.13. The molecule has 0 atom stereocenters. The Hall–Kier alpha value is -2.43. The molecular weight excluding hydrogens is 602 g/mol. The fourth-order valence-electron chi connectivity index (χ4n) is 2.89. The van der Waals surface area contributed by atoms with Gasteiger partial charge in [-0.05, 0) is 11.1 Å². The summed E-state index contributed by atoms with van der Waals surface area (Å²) in [6, 6.07) is 20.6. The third-order valence-corrected chi connectivity index (χ3v) is 10.0. The minimum absolute atomic E-state index is 0.312. The van der Waals surface area contributed by atoms with E-state index in [2.05, 4.69) is 91.6 Å². The Balaban J connectivity index is 0.000000197. The van der Waals surface area contributed by atoms with Gasteiger partial charge in [-0.15, -0.1) is 0 Å². The van der Waals surface area contributed by atoms with Crippen LogP contribution in [0.15, 0.2) is 116 Å². The normalized spacial score (nSPS) is 13.2. The van der Waals surface area contributed by atoms with Gasteiger partial charge >= 0.3 is 132 Å². The zero-order valence-electron chi connectivity index (χ0n) is 19.1. The monoisotopic (exact) mass is 630 g/mol. The Kier molecular flexibility index (Phi) is 15.5. The Labute approximate surface area is 226 Å². The van der Waals surface area contributed by atoms with E-state index in [0.29, 0.717) is 12.8 Å². The van der Waals surface area contributed by atoms with Crippen molar-refractivity contribution in [2.45, 2.75) is 12.8 Å². The first kappa shape index (κ1) is 27.8. The second kappa shape index (κ2) is 18.9. The Bertz CT molecular complexity index is 959. The van der Waals surface area contributed by atoms with Crippen LogP contribution in [0.5, 0.6) is 0 Å². The molecule has 2 aromatic carbocycles. The van der Waals surface area contributed by atoms with Crippen LogP contribution in [0.3, 0.4) is 0 Å². The van der Waals surface area contributed by atoms with Gasteiger partial charge in [0.05, 0.1) is 0 Å². The van der Waals surface area contributed by atoms with Gasteiger partial charge in [0.1, 0.15) is 0 Å². The molecule has 0 bridgehead atoms. The summed E-state index contributed by atoms with van der Waals surface area (Å²) in [5.41, 5.74) is 2.44. The Morgan fingerprint density at radius 1 is 0.676 bits per heavy atom. The van der Waals surface area contributed by atoms with Crippen molar-refractivity contribution in [3.8, 4) is 0 Å². The maximum atomic E-state index is 9.47. The second-order valence-corrected chi connectivity index (χ2v) is 14.2. The summed E-state index contributed by atoms with van der Waals surface area (Å²) in [5, 5.41) is 0. The fourth-order valence-corrected chi connectivity index (χ4v) is 6.68. The molecule has 6 heteroatoms. The van der Waals surface area contributed by atoms with E-state index in [0.717, 1.165) is 0 Å². The SMILES string of the molecule is C(C=Cc1ccccc1)=Cc1ccccc1.C1=CC[C]([Zr][C]2=CC=CC2)=C1.O=C[NH][InH][NH]C=O. The van der Waals surface area contributed by atoms with Crippen molar-refractivity contribution in [3.05, 3.63) is 127 Å². The Morgan fingerprint density at radius 3 is 1.47 bits per heavy atom. The van der Waals surface area contributed by atoms with Gasteiger partial charge in [0.15, 0.2) is 0 Å². The molecule has 4 nitrogen and oxygen atoms in total. The van der Waals surface area contributed by atoms with Crippen LogP contribution >= 0.6 is 0 Å². The quantitative estimate of drug-likeness (QED) is 0.235. The van der Waals surface area contributed by atoms with Crippen LogP contribution in [0, 0.1) is 0 Å². The van der Waals surface area contributed by atoms with Crippen LogP contribution < -0.4 is 6.61 Å². The van der Waals surface area contributed by atoms with E-state index in [-0.39, 0.29) is 23.2 Å². The first-order valence-corrected chi connectivity index (χ1v) is 17.6. The van der Waals surface area contributed by atoms with Crippen molar-refractivity contribution < 1.29 is 32.8 Å². The minimum atomic E-state index is -1.35. The molecule has 0 spiro atoms. The summed E-state index contributed by atoms with van der Waals surface area (Å²) in [7, 11) is 0. The third-order valence-electron chi connectivity index (χ3n) is 4.52. The van der Waals surface area contributed by atoms with Gasteiger partial charge in [0, 0.05) is 0 Å². The number of benzene rings is 2. The zero-order chi connectivity index (χ0) is 24.1. The summed E-state index contributed by atoms with van der Waals surface area (Å²) in [5.74, 6) is 0. The molecular formula is C28H29InN2O2Zr. The van der Waals surface area contributed by atoms with Crippen LogP contribution in [0.4, 0.5) is 0 Å². The van der Waals surface area contributed by atoms with E-state index >= 15 is 0 Å². The van der Waals surface area contributed by atoms with Crippen LogP contribution in [0.2, 0.25) is 0 Å². The molecule has 0 radical (unpaired) electrons. The predicted molar refractivity (Wildman–Crippen MR) is 140 cm³/mol. The van der Waals surface area contributed by atoms with Crippen molar-refractivity contribution in [1.29, 1.82) is 0 Å². The first-order chi connectivity index (χ1) is 16.8. The molecule has 4 rings (SSSR count). The molecule has 2 amide bonds. The summed E-state index contributed by atoms with van der Waals surface area (Å²) >= 11 is -1.66. The Morgan fingerprint density at radius 2 is 1.12 bits per heavy atom. The molecule has 0 aliphatic heterocycles. The van der Waals surface area contributed by atoms with Gasteiger partial charge in [-0.25, -0.2) is 0 Å². The third kappa shape index (κ3) is 13.3. The number of hydrogen-bond acceptors (Lipinski definition) is 2. The summed E-state index contributed by atoms with van der Waals surface area (Å²) in [6.45, 7) is 0. The van der Waals surface area contributed by atoms with Crippen molar-refractivity contribution >= 4 is 48.5 Å². The van der Waals surface area contributed by atoms with Crippen LogP contribution in [0.1, 0.15) is 24.0 Å². The summed E-state index contributed by atoms with van der Waals surface area (Å²) in [4.78, 5) is 18.9. The predicted octanol–water partition coefficient (Wildman–Crippen LogP) is 4.91. The number of allylic oxidation sites excluding steroid dienone is 10. The summed E-state index contributed by atoms with van der Waals surface area (Å²) < 4.78 is 8.32. The molecule has 2 N–H and O–H groups in total. The number of rotatable bonds is 9. The van der Waals surface area contributed by atoms with E-state index in [1.807, 2.05) is 36.4 Å². The molecule has 2 aliphatic carbocycles. The van der Waals surface area contributed by atoms with E-state index in [1.165, 1.54) is 24.0 Å². The van der Waals surface area contributed by atoms with Crippen molar-refractivity contribution in [2.75, 3.05) is 0 Å². The molecule has 0 fully saturated rings. The van der Waals surface area contributed by atoms with Crippen LogP contribution in [-0.2, 0) is 32.8 Å². The average molecular weight is 632 g/mol. The van der Waals surface area contributed by atoms with E-state index < -0.39 is 23.5 Å². The number of nitrogens with one attached hydrogen (secondary N) is 2. The average Bonchev–Trinajstić information content (AvgIpc) is 3.60. The molecule has 34 heavy (non-hydrogen) atoms. The topological polar surface area (TPSA) is 58.2 Å². The van der Waals surface area contributed by atoms with Crippen LogP contribution in [0.25, 0.3) is 12.2 Å². The number of carbonyl (C=O) groups excluding carboxylic acids is 2. The standard InChI is InChI=1S/C16H14.2C5H5.2CH3NO.In.Zr.H/c1-3-9-15(10-4-1)13-7-8-14-16-11-5-2-6-12-16;2*1-2-4-5-3-1;2*2-1-3;;;/h1-14H;2*1-3H,4H2;2*1H,(H2,2,3);;;/q;;;;;+2;;/p-2. The first-order valence-electron chi connectivity index (χ1n) is 11.1. The fraction of sp³-hybridized carbons (Fsp3) is 0.0714. The van der Waals surface area contributed by atoms with Gasteiger partial charge in [-0.1, -0.05) is 85.0 Å².